The molecule has 0 bridgehead atoms. The molecule has 0 aliphatic carbocycles. The number of thioether (sulfide) groups is 1. The largest absolute Gasteiger partial charge is 0.484 e. The first-order valence-corrected chi connectivity index (χ1v) is 6.93. The van der Waals surface area contributed by atoms with Crippen LogP contribution in [-0.4, -0.2) is 31.3 Å². The van der Waals surface area contributed by atoms with E-state index in [1.807, 2.05) is 6.26 Å². The molecule has 0 atom stereocenters. The predicted octanol–water partition coefficient (Wildman–Crippen LogP) is 3.79. The van der Waals surface area contributed by atoms with E-state index in [9.17, 15) is 13.2 Å². The van der Waals surface area contributed by atoms with Crippen LogP contribution in [0.15, 0.2) is 24.3 Å². The maximum absolute atomic E-state index is 11.9. The number of rotatable bonds is 7. The summed E-state index contributed by atoms with van der Waals surface area (Å²) in [6.07, 6.45) is -1.20. The highest BCUT2D eigenvalue weighted by atomic mass is 32.2. The van der Waals surface area contributed by atoms with Crippen molar-refractivity contribution in [2.24, 2.45) is 0 Å². The average molecular weight is 279 g/mol. The molecular weight excluding hydrogens is 263 g/mol. The third-order valence-corrected chi connectivity index (χ3v) is 2.81. The van der Waals surface area contributed by atoms with Crippen LogP contribution in [0.5, 0.6) is 5.75 Å². The molecule has 0 spiro atoms. The van der Waals surface area contributed by atoms with Crippen molar-refractivity contribution < 1.29 is 17.9 Å². The highest BCUT2D eigenvalue weighted by Crippen LogP contribution is 2.20. The number of benzene rings is 1. The number of alkyl halides is 3. The Kier molecular flexibility index (Phi) is 6.18. The van der Waals surface area contributed by atoms with Crippen LogP contribution in [0.1, 0.15) is 6.42 Å². The molecule has 1 N–H and O–H groups in total. The van der Waals surface area contributed by atoms with Crippen molar-refractivity contribution in [2.75, 3.05) is 30.5 Å². The van der Waals surface area contributed by atoms with E-state index in [1.54, 1.807) is 23.9 Å². The number of halogens is 3. The number of nitrogens with one attached hydrogen (secondary N) is 1. The molecule has 0 saturated heterocycles. The molecule has 0 radical (unpaired) electrons. The van der Waals surface area contributed by atoms with Gasteiger partial charge in [-0.1, -0.05) is 0 Å². The molecular formula is C12H16F3NOS. The maximum Gasteiger partial charge on any atom is 0.422 e. The normalized spacial score (nSPS) is 11.3. The van der Waals surface area contributed by atoms with Gasteiger partial charge < -0.3 is 10.1 Å². The van der Waals surface area contributed by atoms with Gasteiger partial charge >= 0.3 is 6.18 Å². The van der Waals surface area contributed by atoms with E-state index in [2.05, 4.69) is 10.1 Å². The zero-order chi connectivity index (χ0) is 13.4. The van der Waals surface area contributed by atoms with Gasteiger partial charge in [-0.25, -0.2) is 0 Å². The van der Waals surface area contributed by atoms with Crippen LogP contribution >= 0.6 is 11.8 Å². The lowest BCUT2D eigenvalue weighted by atomic mass is 10.3. The predicted molar refractivity (Wildman–Crippen MR) is 69.5 cm³/mol. The van der Waals surface area contributed by atoms with Gasteiger partial charge in [0.2, 0.25) is 0 Å². The molecule has 0 aliphatic rings. The molecule has 0 aromatic heterocycles. The molecule has 18 heavy (non-hydrogen) atoms. The lowest BCUT2D eigenvalue weighted by Gasteiger charge is -2.10. The Morgan fingerprint density at radius 3 is 2.44 bits per heavy atom. The first-order chi connectivity index (χ1) is 8.51. The summed E-state index contributed by atoms with van der Waals surface area (Å²) in [7, 11) is 0. The highest BCUT2D eigenvalue weighted by Gasteiger charge is 2.28. The summed E-state index contributed by atoms with van der Waals surface area (Å²) in [5.41, 5.74) is 0.885. The monoisotopic (exact) mass is 279 g/mol. The van der Waals surface area contributed by atoms with Crippen LogP contribution in [0.3, 0.4) is 0 Å². The van der Waals surface area contributed by atoms with Crippen LogP contribution in [0.2, 0.25) is 0 Å². The number of anilines is 1. The Morgan fingerprint density at radius 1 is 1.22 bits per heavy atom. The summed E-state index contributed by atoms with van der Waals surface area (Å²) < 4.78 is 40.4. The first-order valence-electron chi connectivity index (χ1n) is 5.54. The number of hydrogen-bond donors (Lipinski definition) is 1. The molecule has 102 valence electrons. The second-order valence-corrected chi connectivity index (χ2v) is 4.69. The minimum atomic E-state index is -4.30. The molecule has 0 amide bonds. The summed E-state index contributed by atoms with van der Waals surface area (Å²) in [5.74, 6) is 1.31. The summed E-state index contributed by atoms with van der Waals surface area (Å²) in [6, 6.07) is 6.49. The zero-order valence-electron chi connectivity index (χ0n) is 10.1. The molecule has 0 fully saturated rings. The summed E-state index contributed by atoms with van der Waals surface area (Å²) in [4.78, 5) is 0. The standard InChI is InChI=1S/C12H16F3NOS/c1-18-8-2-7-16-10-3-5-11(6-4-10)17-9-12(13,14)15/h3-6,16H,2,7-9H2,1H3. The van der Waals surface area contributed by atoms with E-state index in [4.69, 9.17) is 0 Å². The Balaban J connectivity index is 2.33. The lowest BCUT2D eigenvalue weighted by Crippen LogP contribution is -2.19. The lowest BCUT2D eigenvalue weighted by molar-refractivity contribution is -0.153. The molecule has 1 rings (SSSR count). The third kappa shape index (κ3) is 6.64. The van der Waals surface area contributed by atoms with Gasteiger partial charge in [-0.05, 0) is 42.7 Å². The van der Waals surface area contributed by atoms with Gasteiger partial charge in [-0.3, -0.25) is 0 Å². The second kappa shape index (κ2) is 7.41. The van der Waals surface area contributed by atoms with E-state index in [-0.39, 0.29) is 5.75 Å². The molecule has 1 aromatic carbocycles. The van der Waals surface area contributed by atoms with E-state index in [0.29, 0.717) is 0 Å². The van der Waals surface area contributed by atoms with Crippen molar-refractivity contribution in [3.63, 3.8) is 0 Å². The summed E-state index contributed by atoms with van der Waals surface area (Å²) in [6.45, 7) is -0.406. The smallest absolute Gasteiger partial charge is 0.422 e. The van der Waals surface area contributed by atoms with Crippen molar-refractivity contribution in [3.8, 4) is 5.75 Å². The molecule has 0 aliphatic heterocycles. The van der Waals surface area contributed by atoms with Gasteiger partial charge in [-0.2, -0.15) is 24.9 Å². The third-order valence-electron chi connectivity index (χ3n) is 2.11. The van der Waals surface area contributed by atoms with Gasteiger partial charge in [0.15, 0.2) is 6.61 Å². The van der Waals surface area contributed by atoms with E-state index >= 15 is 0 Å². The molecule has 1 aromatic rings. The van der Waals surface area contributed by atoms with Crippen molar-refractivity contribution in [2.45, 2.75) is 12.6 Å². The van der Waals surface area contributed by atoms with Crippen molar-refractivity contribution >= 4 is 17.4 Å². The number of hydrogen-bond acceptors (Lipinski definition) is 3. The quantitative estimate of drug-likeness (QED) is 0.767. The molecule has 0 heterocycles. The average Bonchev–Trinajstić information content (AvgIpc) is 2.33. The van der Waals surface area contributed by atoms with Crippen LogP contribution in [0, 0.1) is 0 Å². The van der Waals surface area contributed by atoms with Gasteiger partial charge in [0, 0.05) is 12.2 Å². The Bertz CT molecular complexity index is 340. The fourth-order valence-corrected chi connectivity index (χ4v) is 1.72. The molecule has 6 heteroatoms. The summed E-state index contributed by atoms with van der Waals surface area (Å²) in [5, 5.41) is 3.19. The van der Waals surface area contributed by atoms with Crippen molar-refractivity contribution in [1.82, 2.24) is 0 Å². The van der Waals surface area contributed by atoms with Crippen LogP contribution in [0.4, 0.5) is 18.9 Å². The van der Waals surface area contributed by atoms with Gasteiger partial charge in [0.05, 0.1) is 0 Å². The van der Waals surface area contributed by atoms with Crippen LogP contribution in [-0.2, 0) is 0 Å². The SMILES string of the molecule is CSCCCNc1ccc(OCC(F)(F)F)cc1. The zero-order valence-corrected chi connectivity index (χ0v) is 10.9. The number of ether oxygens (including phenoxy) is 1. The van der Waals surface area contributed by atoms with Gasteiger partial charge in [-0.15, -0.1) is 0 Å². The van der Waals surface area contributed by atoms with Gasteiger partial charge in [0.1, 0.15) is 5.75 Å². The molecule has 2 nitrogen and oxygen atoms in total. The van der Waals surface area contributed by atoms with Crippen molar-refractivity contribution in [1.29, 1.82) is 0 Å². The fourth-order valence-electron chi connectivity index (χ4n) is 1.28. The minimum Gasteiger partial charge on any atom is -0.484 e. The minimum absolute atomic E-state index is 0.224. The van der Waals surface area contributed by atoms with Gasteiger partial charge in [0.25, 0.3) is 0 Å². The Morgan fingerprint density at radius 2 is 1.89 bits per heavy atom. The summed E-state index contributed by atoms with van der Waals surface area (Å²) >= 11 is 1.78. The fraction of sp³-hybridized carbons (Fsp3) is 0.500. The van der Waals surface area contributed by atoms with Crippen molar-refractivity contribution in [3.05, 3.63) is 24.3 Å². The maximum atomic E-state index is 11.9. The van der Waals surface area contributed by atoms with Crippen LogP contribution < -0.4 is 10.1 Å². The molecule has 0 unspecified atom stereocenters. The van der Waals surface area contributed by atoms with Crippen LogP contribution in [0.25, 0.3) is 0 Å². The molecule has 0 saturated carbocycles. The Hall–Kier alpha value is -1.04. The second-order valence-electron chi connectivity index (χ2n) is 3.70. The van der Waals surface area contributed by atoms with E-state index in [1.165, 1.54) is 12.1 Å². The Labute approximate surface area is 109 Å². The van der Waals surface area contributed by atoms with E-state index < -0.39 is 12.8 Å². The highest BCUT2D eigenvalue weighted by molar-refractivity contribution is 7.98. The topological polar surface area (TPSA) is 21.3 Å². The first kappa shape index (κ1) is 15.0. The van der Waals surface area contributed by atoms with E-state index in [0.717, 1.165) is 24.4 Å².